The van der Waals surface area contributed by atoms with Gasteiger partial charge in [0.1, 0.15) is 5.60 Å². The minimum atomic E-state index is -0.501. The fourth-order valence-electron chi connectivity index (χ4n) is 0.995. The summed E-state index contributed by atoms with van der Waals surface area (Å²) in [7, 11) is 0. The Balaban J connectivity index is 2.97. The van der Waals surface area contributed by atoms with Crippen LogP contribution < -0.4 is 0 Å². The van der Waals surface area contributed by atoms with Gasteiger partial charge in [0.05, 0.1) is 15.1 Å². The van der Waals surface area contributed by atoms with Crippen molar-refractivity contribution in [3.05, 3.63) is 33.3 Å². The van der Waals surface area contributed by atoms with Crippen LogP contribution in [0.3, 0.4) is 0 Å². The summed E-state index contributed by atoms with van der Waals surface area (Å²) in [5.74, 6) is -0.378. The number of esters is 1. The Kier molecular flexibility index (Phi) is 3.79. The highest BCUT2D eigenvalue weighted by molar-refractivity contribution is 9.10. The van der Waals surface area contributed by atoms with Crippen LogP contribution in [-0.2, 0) is 4.74 Å². The SMILES string of the molecule is CC(C)(C)OC(=O)c1cccc(Cl)c1Br. The zero-order valence-corrected chi connectivity index (χ0v) is 11.1. The Labute approximate surface area is 103 Å². The summed E-state index contributed by atoms with van der Waals surface area (Å²) in [5, 5.41) is 0.498. The van der Waals surface area contributed by atoms with Gasteiger partial charge in [0, 0.05) is 0 Å². The number of hydrogen-bond acceptors (Lipinski definition) is 2. The molecule has 0 atom stereocenters. The van der Waals surface area contributed by atoms with Gasteiger partial charge in [0.15, 0.2) is 0 Å². The first kappa shape index (κ1) is 12.5. The normalized spacial score (nSPS) is 11.3. The van der Waals surface area contributed by atoms with Gasteiger partial charge in [-0.1, -0.05) is 17.7 Å². The van der Waals surface area contributed by atoms with E-state index < -0.39 is 5.60 Å². The first-order chi connectivity index (χ1) is 6.81. The Morgan fingerprint density at radius 1 is 1.40 bits per heavy atom. The molecule has 1 aromatic rings. The number of halogens is 2. The number of benzene rings is 1. The zero-order valence-electron chi connectivity index (χ0n) is 8.80. The van der Waals surface area contributed by atoms with Crippen LogP contribution in [0.5, 0.6) is 0 Å². The molecule has 0 aliphatic carbocycles. The Morgan fingerprint density at radius 3 is 2.53 bits per heavy atom. The van der Waals surface area contributed by atoms with E-state index in [9.17, 15) is 4.79 Å². The lowest BCUT2D eigenvalue weighted by Gasteiger charge is -2.20. The number of ether oxygens (including phenoxy) is 1. The quantitative estimate of drug-likeness (QED) is 0.729. The molecule has 0 N–H and O–H groups in total. The lowest BCUT2D eigenvalue weighted by Crippen LogP contribution is -2.24. The van der Waals surface area contributed by atoms with E-state index >= 15 is 0 Å². The van der Waals surface area contributed by atoms with Crippen LogP contribution in [0.2, 0.25) is 5.02 Å². The highest BCUT2D eigenvalue weighted by Gasteiger charge is 2.20. The lowest BCUT2D eigenvalue weighted by atomic mass is 10.2. The van der Waals surface area contributed by atoms with Crippen molar-refractivity contribution in [3.8, 4) is 0 Å². The number of carbonyl (C=O) groups is 1. The molecule has 0 fully saturated rings. The average molecular weight is 292 g/mol. The van der Waals surface area contributed by atoms with Crippen LogP contribution in [0.15, 0.2) is 22.7 Å². The van der Waals surface area contributed by atoms with Gasteiger partial charge >= 0.3 is 5.97 Å². The van der Waals surface area contributed by atoms with E-state index in [0.29, 0.717) is 15.1 Å². The van der Waals surface area contributed by atoms with Crippen LogP contribution in [0, 0.1) is 0 Å². The Hall–Kier alpha value is -0.540. The molecule has 0 unspecified atom stereocenters. The number of carbonyl (C=O) groups excluding carboxylic acids is 1. The van der Waals surface area contributed by atoms with Crippen molar-refractivity contribution >= 4 is 33.5 Å². The third-order valence-electron chi connectivity index (χ3n) is 1.57. The highest BCUT2D eigenvalue weighted by atomic mass is 79.9. The minimum Gasteiger partial charge on any atom is -0.456 e. The first-order valence-electron chi connectivity index (χ1n) is 4.48. The third kappa shape index (κ3) is 3.50. The molecule has 4 heteroatoms. The molecule has 0 heterocycles. The smallest absolute Gasteiger partial charge is 0.339 e. The maximum absolute atomic E-state index is 11.7. The van der Waals surface area contributed by atoms with Crippen molar-refractivity contribution < 1.29 is 9.53 Å². The first-order valence-corrected chi connectivity index (χ1v) is 5.66. The van der Waals surface area contributed by atoms with Gasteiger partial charge < -0.3 is 4.74 Å². The van der Waals surface area contributed by atoms with Crippen LogP contribution in [-0.4, -0.2) is 11.6 Å². The van der Waals surface area contributed by atoms with E-state index in [2.05, 4.69) is 15.9 Å². The summed E-state index contributed by atoms with van der Waals surface area (Å²) in [6, 6.07) is 5.09. The van der Waals surface area contributed by atoms with Crippen LogP contribution in [0.25, 0.3) is 0 Å². The molecule has 0 aliphatic rings. The Morgan fingerprint density at radius 2 is 2.00 bits per heavy atom. The second-order valence-electron chi connectivity index (χ2n) is 4.10. The molecule has 0 spiro atoms. The van der Waals surface area contributed by atoms with Gasteiger partial charge in [-0.2, -0.15) is 0 Å². The van der Waals surface area contributed by atoms with Gasteiger partial charge in [0.2, 0.25) is 0 Å². The van der Waals surface area contributed by atoms with Crippen LogP contribution >= 0.6 is 27.5 Å². The van der Waals surface area contributed by atoms with Crippen molar-refractivity contribution in [2.24, 2.45) is 0 Å². The molecule has 82 valence electrons. The fraction of sp³-hybridized carbons (Fsp3) is 0.364. The van der Waals surface area contributed by atoms with Gasteiger partial charge in [0.25, 0.3) is 0 Å². The summed E-state index contributed by atoms with van der Waals surface area (Å²) in [6.45, 7) is 5.47. The van der Waals surface area contributed by atoms with E-state index in [1.54, 1.807) is 18.2 Å². The molecule has 0 aliphatic heterocycles. The van der Waals surface area contributed by atoms with Crippen molar-refractivity contribution in [1.29, 1.82) is 0 Å². The van der Waals surface area contributed by atoms with E-state index in [1.165, 1.54) is 0 Å². The maximum Gasteiger partial charge on any atom is 0.339 e. The molecular formula is C11H12BrClO2. The topological polar surface area (TPSA) is 26.3 Å². The van der Waals surface area contributed by atoms with Crippen LogP contribution in [0.4, 0.5) is 0 Å². The van der Waals surface area contributed by atoms with E-state index in [-0.39, 0.29) is 5.97 Å². The van der Waals surface area contributed by atoms with Crippen molar-refractivity contribution in [2.45, 2.75) is 26.4 Å². The zero-order chi connectivity index (χ0) is 11.6. The fourth-order valence-corrected chi connectivity index (χ4v) is 1.60. The maximum atomic E-state index is 11.7. The highest BCUT2D eigenvalue weighted by Crippen LogP contribution is 2.27. The van der Waals surface area contributed by atoms with E-state index in [4.69, 9.17) is 16.3 Å². The van der Waals surface area contributed by atoms with Gasteiger partial charge in [-0.3, -0.25) is 0 Å². The average Bonchev–Trinajstić information content (AvgIpc) is 2.06. The second-order valence-corrected chi connectivity index (χ2v) is 5.30. The second kappa shape index (κ2) is 4.54. The summed E-state index contributed by atoms with van der Waals surface area (Å²) in [6.07, 6.45) is 0. The summed E-state index contributed by atoms with van der Waals surface area (Å²) >= 11 is 9.13. The third-order valence-corrected chi connectivity index (χ3v) is 2.97. The standard InChI is InChI=1S/C11H12BrClO2/c1-11(2,3)15-10(14)7-5-4-6-8(13)9(7)12/h4-6H,1-3H3. The molecule has 0 aromatic heterocycles. The van der Waals surface area contributed by atoms with Crippen LogP contribution in [0.1, 0.15) is 31.1 Å². The molecular weight excluding hydrogens is 279 g/mol. The number of hydrogen-bond donors (Lipinski definition) is 0. The molecule has 0 amide bonds. The molecule has 0 saturated heterocycles. The van der Waals surface area contributed by atoms with Crippen molar-refractivity contribution in [1.82, 2.24) is 0 Å². The Bertz CT molecular complexity index is 383. The van der Waals surface area contributed by atoms with Gasteiger partial charge in [-0.15, -0.1) is 0 Å². The van der Waals surface area contributed by atoms with Gasteiger partial charge in [-0.05, 0) is 48.8 Å². The molecule has 15 heavy (non-hydrogen) atoms. The monoisotopic (exact) mass is 290 g/mol. The molecule has 2 nitrogen and oxygen atoms in total. The van der Waals surface area contributed by atoms with Crippen molar-refractivity contribution in [3.63, 3.8) is 0 Å². The molecule has 0 radical (unpaired) electrons. The number of rotatable bonds is 1. The predicted molar refractivity (Wildman–Crippen MR) is 64.3 cm³/mol. The van der Waals surface area contributed by atoms with E-state index in [1.807, 2.05) is 20.8 Å². The molecule has 0 bridgehead atoms. The largest absolute Gasteiger partial charge is 0.456 e. The molecule has 1 aromatic carbocycles. The van der Waals surface area contributed by atoms with Gasteiger partial charge in [-0.25, -0.2) is 4.79 Å². The van der Waals surface area contributed by atoms with Crippen molar-refractivity contribution in [2.75, 3.05) is 0 Å². The summed E-state index contributed by atoms with van der Waals surface area (Å²) in [4.78, 5) is 11.7. The predicted octanol–water partition coefficient (Wildman–Crippen LogP) is 4.06. The molecule has 0 saturated carbocycles. The van der Waals surface area contributed by atoms with E-state index in [0.717, 1.165) is 0 Å². The minimum absolute atomic E-state index is 0.378. The summed E-state index contributed by atoms with van der Waals surface area (Å²) < 4.78 is 5.80. The molecule has 1 rings (SSSR count). The lowest BCUT2D eigenvalue weighted by molar-refractivity contribution is 0.00685. The summed E-state index contributed by atoms with van der Waals surface area (Å²) in [5.41, 5.74) is -0.0591.